The van der Waals surface area contributed by atoms with Crippen molar-refractivity contribution >= 4 is 33.1 Å². The van der Waals surface area contributed by atoms with Gasteiger partial charge in [0.1, 0.15) is 10.0 Å². The van der Waals surface area contributed by atoms with Crippen molar-refractivity contribution in [3.05, 3.63) is 29.3 Å². The summed E-state index contributed by atoms with van der Waals surface area (Å²) in [7, 11) is -3.37. The third kappa shape index (κ3) is 3.95. The van der Waals surface area contributed by atoms with Crippen LogP contribution < -0.4 is 9.80 Å². The fourth-order valence-corrected chi connectivity index (χ4v) is 6.20. The van der Waals surface area contributed by atoms with E-state index in [1.54, 1.807) is 21.8 Å². The minimum atomic E-state index is -3.37. The molecule has 27 heavy (non-hydrogen) atoms. The van der Waals surface area contributed by atoms with Crippen LogP contribution in [0.3, 0.4) is 0 Å². The van der Waals surface area contributed by atoms with Crippen LogP contribution in [-0.4, -0.2) is 62.0 Å². The molecule has 2 saturated heterocycles. The van der Waals surface area contributed by atoms with Crippen LogP contribution in [0.2, 0.25) is 0 Å². The Bertz CT molecular complexity index is 871. The number of anilines is 2. The molecule has 0 atom stereocenters. The Labute approximate surface area is 164 Å². The zero-order valence-electron chi connectivity index (χ0n) is 15.5. The molecule has 0 aromatic carbocycles. The molecule has 0 unspecified atom stereocenters. The second kappa shape index (κ2) is 7.73. The van der Waals surface area contributed by atoms with Crippen LogP contribution in [0, 0.1) is 6.92 Å². The van der Waals surface area contributed by atoms with Crippen molar-refractivity contribution in [2.45, 2.75) is 30.4 Å². The molecule has 0 aliphatic carbocycles. The van der Waals surface area contributed by atoms with Crippen LogP contribution in [-0.2, 0) is 10.0 Å². The molecule has 2 aromatic rings. The van der Waals surface area contributed by atoms with Gasteiger partial charge in [0.15, 0.2) is 0 Å². The normalized spacial score (nSPS) is 19.4. The van der Waals surface area contributed by atoms with Gasteiger partial charge >= 0.3 is 0 Å². The smallest absolute Gasteiger partial charge is 0.252 e. The molecule has 0 saturated carbocycles. The summed E-state index contributed by atoms with van der Waals surface area (Å²) < 4.78 is 27.4. The maximum absolute atomic E-state index is 12.7. The quantitative estimate of drug-likeness (QED) is 0.775. The van der Waals surface area contributed by atoms with E-state index in [0.29, 0.717) is 30.4 Å². The summed E-state index contributed by atoms with van der Waals surface area (Å²) in [5, 5.41) is 1.80. The van der Waals surface area contributed by atoms with Crippen molar-refractivity contribution in [2.75, 3.05) is 49.1 Å². The number of sulfonamides is 1. The number of hydrogen-bond acceptors (Lipinski definition) is 7. The first-order chi connectivity index (χ1) is 13.0. The summed E-state index contributed by atoms with van der Waals surface area (Å²) in [6, 6.07) is 5.45. The summed E-state index contributed by atoms with van der Waals surface area (Å²) >= 11 is 1.27. The molecule has 0 spiro atoms. The van der Waals surface area contributed by atoms with E-state index in [9.17, 15) is 8.42 Å². The number of aryl methyl sites for hydroxylation is 1. The maximum atomic E-state index is 12.7. The number of aromatic nitrogens is 2. The Kier molecular flexibility index (Phi) is 5.34. The molecule has 7 nitrogen and oxygen atoms in total. The Balaban J connectivity index is 1.47. The van der Waals surface area contributed by atoms with Crippen LogP contribution in [0.15, 0.2) is 27.8 Å². The van der Waals surface area contributed by atoms with Gasteiger partial charge < -0.3 is 9.80 Å². The van der Waals surface area contributed by atoms with Gasteiger partial charge in [0.2, 0.25) is 5.95 Å². The average molecular weight is 408 g/mol. The molecule has 2 aromatic heterocycles. The summed E-state index contributed by atoms with van der Waals surface area (Å²) in [6.07, 6.45) is 3.65. The molecule has 4 rings (SSSR count). The second-order valence-electron chi connectivity index (χ2n) is 7.04. The summed E-state index contributed by atoms with van der Waals surface area (Å²) in [6.45, 7) is 6.24. The van der Waals surface area contributed by atoms with Gasteiger partial charge in [-0.15, -0.1) is 11.3 Å². The lowest BCUT2D eigenvalue weighted by Crippen LogP contribution is -2.48. The van der Waals surface area contributed by atoms with Crippen molar-refractivity contribution in [3.8, 4) is 0 Å². The number of piperidine rings is 1. The third-order valence-electron chi connectivity index (χ3n) is 5.12. The Hall–Kier alpha value is -1.71. The summed E-state index contributed by atoms with van der Waals surface area (Å²) in [5.74, 6) is 1.70. The molecule has 146 valence electrons. The van der Waals surface area contributed by atoms with E-state index in [0.717, 1.165) is 30.5 Å². The van der Waals surface area contributed by atoms with Crippen molar-refractivity contribution in [3.63, 3.8) is 0 Å². The van der Waals surface area contributed by atoms with Crippen molar-refractivity contribution < 1.29 is 8.42 Å². The average Bonchev–Trinajstić information content (AvgIpc) is 3.24. The Morgan fingerprint density at radius 1 is 0.963 bits per heavy atom. The number of hydrogen-bond donors (Lipinski definition) is 0. The van der Waals surface area contributed by atoms with Crippen LogP contribution in [0.5, 0.6) is 0 Å². The van der Waals surface area contributed by atoms with E-state index in [1.165, 1.54) is 30.6 Å². The lowest BCUT2D eigenvalue weighted by Gasteiger charge is -2.35. The van der Waals surface area contributed by atoms with Crippen LogP contribution in [0.1, 0.15) is 25.0 Å². The van der Waals surface area contributed by atoms with Gasteiger partial charge in [-0.1, -0.05) is 6.07 Å². The zero-order chi connectivity index (χ0) is 18.9. The number of nitrogens with zero attached hydrogens (tertiary/aromatic N) is 5. The van der Waals surface area contributed by atoms with Crippen molar-refractivity contribution in [1.29, 1.82) is 0 Å². The maximum Gasteiger partial charge on any atom is 0.252 e. The van der Waals surface area contributed by atoms with Crippen molar-refractivity contribution in [2.24, 2.45) is 0 Å². The lowest BCUT2D eigenvalue weighted by atomic mass is 10.1. The summed E-state index contributed by atoms with van der Waals surface area (Å²) in [5.41, 5.74) is 0.953. The highest BCUT2D eigenvalue weighted by Gasteiger charge is 2.30. The van der Waals surface area contributed by atoms with E-state index < -0.39 is 10.0 Å². The predicted octanol–water partition coefficient (Wildman–Crippen LogP) is 2.35. The third-order valence-corrected chi connectivity index (χ3v) is 8.39. The molecule has 4 heterocycles. The molecule has 9 heteroatoms. The van der Waals surface area contributed by atoms with Gasteiger partial charge in [0.05, 0.1) is 0 Å². The standard InChI is InChI=1S/C18H25N5O2S2/c1-15-14-16(20-18(19-15)22-7-3-2-4-8-22)21-9-11-23(12-10-21)27(24,25)17-6-5-13-26-17/h5-6,13-14H,2-4,7-12H2,1H3. The van der Waals surface area contributed by atoms with Gasteiger partial charge in [0.25, 0.3) is 10.0 Å². The Morgan fingerprint density at radius 3 is 2.37 bits per heavy atom. The highest BCUT2D eigenvalue weighted by atomic mass is 32.2. The van der Waals surface area contributed by atoms with Gasteiger partial charge in [-0.3, -0.25) is 0 Å². The first-order valence-electron chi connectivity index (χ1n) is 9.43. The van der Waals surface area contributed by atoms with Gasteiger partial charge in [-0.05, 0) is 37.6 Å². The molecule has 2 aliphatic rings. The molecule has 2 aliphatic heterocycles. The van der Waals surface area contributed by atoms with Crippen LogP contribution in [0.4, 0.5) is 11.8 Å². The Morgan fingerprint density at radius 2 is 1.70 bits per heavy atom. The highest BCUT2D eigenvalue weighted by Crippen LogP contribution is 2.25. The van der Waals surface area contributed by atoms with E-state index in [2.05, 4.69) is 14.8 Å². The van der Waals surface area contributed by atoms with Gasteiger partial charge in [-0.25, -0.2) is 13.4 Å². The van der Waals surface area contributed by atoms with Crippen LogP contribution in [0.25, 0.3) is 0 Å². The monoisotopic (exact) mass is 407 g/mol. The fraction of sp³-hybridized carbons (Fsp3) is 0.556. The largest absolute Gasteiger partial charge is 0.354 e. The topological polar surface area (TPSA) is 69.6 Å². The molecule has 2 fully saturated rings. The molecule has 0 N–H and O–H groups in total. The van der Waals surface area contributed by atoms with Crippen molar-refractivity contribution in [1.82, 2.24) is 14.3 Å². The molecular formula is C18H25N5O2S2. The zero-order valence-corrected chi connectivity index (χ0v) is 17.2. The predicted molar refractivity (Wildman–Crippen MR) is 108 cm³/mol. The van der Waals surface area contributed by atoms with E-state index in [4.69, 9.17) is 4.98 Å². The minimum absolute atomic E-state index is 0.418. The second-order valence-corrected chi connectivity index (χ2v) is 10.2. The molecule has 0 radical (unpaired) electrons. The van der Waals surface area contributed by atoms with E-state index >= 15 is 0 Å². The van der Waals surface area contributed by atoms with Gasteiger partial charge in [-0.2, -0.15) is 9.29 Å². The number of thiophene rings is 1. The van der Waals surface area contributed by atoms with Gasteiger partial charge in [0, 0.05) is 51.0 Å². The highest BCUT2D eigenvalue weighted by molar-refractivity contribution is 7.91. The summed E-state index contributed by atoms with van der Waals surface area (Å²) in [4.78, 5) is 13.8. The molecular weight excluding hydrogens is 382 g/mol. The number of piperazine rings is 1. The van der Waals surface area contributed by atoms with E-state index in [1.807, 2.05) is 13.0 Å². The minimum Gasteiger partial charge on any atom is -0.354 e. The van der Waals surface area contributed by atoms with Crippen LogP contribution >= 0.6 is 11.3 Å². The molecule has 0 bridgehead atoms. The first-order valence-corrected chi connectivity index (χ1v) is 11.8. The fourth-order valence-electron chi connectivity index (χ4n) is 3.63. The first kappa shape index (κ1) is 18.6. The number of rotatable bonds is 4. The van der Waals surface area contributed by atoms with E-state index in [-0.39, 0.29) is 0 Å². The SMILES string of the molecule is Cc1cc(N2CCN(S(=O)(=O)c3cccs3)CC2)nc(N2CCCCC2)n1. The molecule has 0 amide bonds. The lowest BCUT2D eigenvalue weighted by molar-refractivity contribution is 0.384.